The molecule has 0 spiro atoms. The van der Waals surface area contributed by atoms with E-state index in [0.29, 0.717) is 18.1 Å². The highest BCUT2D eigenvalue weighted by molar-refractivity contribution is 5.91. The summed E-state index contributed by atoms with van der Waals surface area (Å²) in [6.07, 6.45) is -1.12. The fourth-order valence-electron chi connectivity index (χ4n) is 3.34. The molecule has 3 heterocycles. The van der Waals surface area contributed by atoms with Crippen LogP contribution < -0.4 is 10.1 Å². The van der Waals surface area contributed by atoms with Gasteiger partial charge in [-0.1, -0.05) is 18.2 Å². The molecule has 3 aromatic rings. The summed E-state index contributed by atoms with van der Waals surface area (Å²) < 4.78 is 43.5. The molecule has 0 saturated heterocycles. The molecule has 3 N–H and O–H groups in total. The van der Waals surface area contributed by atoms with Crippen LogP contribution in [0.25, 0.3) is 17.0 Å². The van der Waals surface area contributed by atoms with E-state index in [0.717, 1.165) is 27.9 Å². The number of hydrogen-bond acceptors (Lipinski definition) is 7. The third kappa shape index (κ3) is 6.58. The van der Waals surface area contributed by atoms with Crippen LogP contribution in [0.5, 0.6) is 5.75 Å². The lowest BCUT2D eigenvalue weighted by Gasteiger charge is -2.37. The number of benzene rings is 1. The first-order chi connectivity index (χ1) is 17.2. The van der Waals surface area contributed by atoms with Crippen molar-refractivity contribution in [3.05, 3.63) is 59.5 Å². The van der Waals surface area contributed by atoms with Crippen LogP contribution in [0.2, 0.25) is 0 Å². The molecule has 37 heavy (non-hydrogen) atoms. The van der Waals surface area contributed by atoms with E-state index < -0.39 is 24.0 Å². The Morgan fingerprint density at radius 2 is 1.92 bits per heavy atom. The molecule has 1 atom stereocenters. The number of amides is 1. The van der Waals surface area contributed by atoms with Crippen LogP contribution in [0.1, 0.15) is 30.7 Å². The number of fused-ring (bicyclic) bond motifs is 2. The molecule has 9 nitrogen and oxygen atoms in total. The molecule has 0 radical (unpaired) electrons. The van der Waals surface area contributed by atoms with Gasteiger partial charge < -0.3 is 29.6 Å². The molecule has 1 aromatic carbocycles. The number of aryl methyl sites for hydroxylation is 1. The van der Waals surface area contributed by atoms with Crippen molar-refractivity contribution in [2.75, 3.05) is 12.4 Å². The number of aliphatic hydroxyl groups excluding tert-OH is 1. The van der Waals surface area contributed by atoms with Gasteiger partial charge in [0.25, 0.3) is 0 Å². The minimum absolute atomic E-state index is 0.151. The molecule has 198 valence electrons. The Bertz CT molecular complexity index is 1330. The number of pyridine rings is 1. The maximum Gasteiger partial charge on any atom is 0.490 e. The number of carboxylic acids is 1. The summed E-state index contributed by atoms with van der Waals surface area (Å²) in [5.74, 6) is -1.13. The van der Waals surface area contributed by atoms with E-state index in [2.05, 4.69) is 10.3 Å². The molecular formula is C25H26F3N3O6. The summed E-state index contributed by atoms with van der Waals surface area (Å²) in [7, 11) is 1.74. The van der Waals surface area contributed by atoms with Crippen molar-refractivity contribution in [3.8, 4) is 5.75 Å². The van der Waals surface area contributed by atoms with E-state index in [4.69, 9.17) is 19.1 Å². The number of halogens is 3. The molecule has 0 fully saturated rings. The number of aromatic nitrogens is 1. The zero-order valence-corrected chi connectivity index (χ0v) is 20.5. The second-order valence-electron chi connectivity index (χ2n) is 8.84. The normalized spacial score (nSPS) is 16.3. The first kappa shape index (κ1) is 27.5. The number of hydrogen-bond donors (Lipinski definition) is 3. The van der Waals surface area contributed by atoms with Gasteiger partial charge in [-0.2, -0.15) is 13.2 Å². The Morgan fingerprint density at radius 1 is 1.27 bits per heavy atom. The number of carbonyl (C=O) groups excluding carboxylic acids is 1. The Hall–Kier alpha value is -4.06. The smallest absolute Gasteiger partial charge is 0.479 e. The standard InChI is InChI=1S/C23H25N3O4.C2HF3O2/c1-14-16-7-5-6-8-17(16)29-19(14)13-26(4)20(27)10-9-15-11-18-21(24-12-15)25-22(28)23(2,3)30-18;3-2(4,5)1(6)7/h5-12,22,28H,13H2,1-4H3,(H,24,25);(H,6,7)/b10-9+;. The zero-order valence-electron chi connectivity index (χ0n) is 20.5. The van der Waals surface area contributed by atoms with Crippen molar-refractivity contribution in [2.24, 2.45) is 0 Å². The van der Waals surface area contributed by atoms with E-state index in [1.807, 2.05) is 31.2 Å². The minimum Gasteiger partial charge on any atom is -0.479 e. The molecule has 12 heteroatoms. The van der Waals surface area contributed by atoms with Gasteiger partial charge in [-0.25, -0.2) is 9.78 Å². The molecule has 1 aliphatic rings. The van der Waals surface area contributed by atoms with E-state index >= 15 is 0 Å². The van der Waals surface area contributed by atoms with Crippen LogP contribution >= 0.6 is 0 Å². The van der Waals surface area contributed by atoms with Crippen LogP contribution in [-0.4, -0.2) is 57.0 Å². The number of ether oxygens (including phenoxy) is 1. The number of aliphatic carboxylic acids is 1. The molecule has 0 bridgehead atoms. The molecule has 4 rings (SSSR count). The van der Waals surface area contributed by atoms with Gasteiger partial charge in [0.2, 0.25) is 5.91 Å². The third-order valence-corrected chi connectivity index (χ3v) is 5.54. The number of rotatable bonds is 4. The monoisotopic (exact) mass is 521 g/mol. The number of furan rings is 1. The predicted octanol–water partition coefficient (Wildman–Crippen LogP) is 4.34. The molecule has 0 aliphatic carbocycles. The average Bonchev–Trinajstić information content (AvgIpc) is 3.13. The van der Waals surface area contributed by atoms with Gasteiger partial charge in [-0.05, 0) is 44.5 Å². The van der Waals surface area contributed by atoms with E-state index in [9.17, 15) is 23.1 Å². The maximum absolute atomic E-state index is 12.6. The van der Waals surface area contributed by atoms with Gasteiger partial charge in [0, 0.05) is 30.3 Å². The highest BCUT2D eigenvalue weighted by Gasteiger charge is 2.38. The van der Waals surface area contributed by atoms with Gasteiger partial charge in [0.15, 0.2) is 17.8 Å². The fraction of sp³-hybridized carbons (Fsp3) is 0.320. The highest BCUT2D eigenvalue weighted by atomic mass is 19.4. The van der Waals surface area contributed by atoms with Crippen LogP contribution in [0, 0.1) is 6.92 Å². The molecule has 1 amide bonds. The van der Waals surface area contributed by atoms with Crippen LogP contribution in [-0.2, 0) is 16.1 Å². The van der Waals surface area contributed by atoms with E-state index in [1.54, 1.807) is 44.1 Å². The van der Waals surface area contributed by atoms with Crippen molar-refractivity contribution in [1.29, 1.82) is 0 Å². The number of nitrogens with one attached hydrogen (secondary N) is 1. The van der Waals surface area contributed by atoms with Crippen molar-refractivity contribution in [2.45, 2.75) is 45.3 Å². The number of aliphatic hydroxyl groups is 1. The number of anilines is 1. The number of carbonyl (C=O) groups is 2. The SMILES string of the molecule is Cc1c(CN(C)C(=O)/C=C/c2cnc3c(c2)OC(C)(C)C(O)N3)oc2ccccc12.O=C(O)C(F)(F)F. The van der Waals surface area contributed by atoms with Crippen LogP contribution in [0.15, 0.2) is 47.0 Å². The maximum atomic E-state index is 12.6. The predicted molar refractivity (Wildman–Crippen MR) is 129 cm³/mol. The highest BCUT2D eigenvalue weighted by Crippen LogP contribution is 2.34. The molecule has 1 unspecified atom stereocenters. The first-order valence-corrected chi connectivity index (χ1v) is 11.0. The van der Waals surface area contributed by atoms with Gasteiger partial charge >= 0.3 is 12.1 Å². The third-order valence-electron chi connectivity index (χ3n) is 5.54. The number of alkyl halides is 3. The summed E-state index contributed by atoms with van der Waals surface area (Å²) >= 11 is 0. The summed E-state index contributed by atoms with van der Waals surface area (Å²) in [6, 6.07) is 9.63. The number of carboxylic acid groups (broad SMARTS) is 1. The van der Waals surface area contributed by atoms with Crippen molar-refractivity contribution >= 4 is 34.7 Å². The van der Waals surface area contributed by atoms with Gasteiger partial charge in [-0.15, -0.1) is 0 Å². The summed E-state index contributed by atoms with van der Waals surface area (Å²) in [5.41, 5.74) is 1.81. The topological polar surface area (TPSA) is 125 Å². The largest absolute Gasteiger partial charge is 0.490 e. The lowest BCUT2D eigenvalue weighted by Crippen LogP contribution is -2.49. The van der Waals surface area contributed by atoms with Gasteiger partial charge in [0.05, 0.1) is 6.54 Å². The molecule has 2 aromatic heterocycles. The Balaban J connectivity index is 0.000000479. The lowest BCUT2D eigenvalue weighted by molar-refractivity contribution is -0.192. The van der Waals surface area contributed by atoms with E-state index in [1.165, 1.54) is 6.08 Å². The zero-order chi connectivity index (χ0) is 27.5. The number of nitrogens with zero attached hydrogens (tertiary/aromatic N) is 2. The minimum atomic E-state index is -5.08. The molecule has 1 aliphatic heterocycles. The Morgan fingerprint density at radius 3 is 2.54 bits per heavy atom. The summed E-state index contributed by atoms with van der Waals surface area (Å²) in [5, 5.41) is 21.1. The number of likely N-dealkylation sites (N-methyl/N-ethyl adjacent to an activating group) is 1. The second-order valence-corrected chi connectivity index (χ2v) is 8.84. The van der Waals surface area contributed by atoms with Crippen LogP contribution in [0.4, 0.5) is 19.0 Å². The molecular weight excluding hydrogens is 495 g/mol. The first-order valence-electron chi connectivity index (χ1n) is 11.0. The Kier molecular flexibility index (Phi) is 7.82. The summed E-state index contributed by atoms with van der Waals surface area (Å²) in [6.45, 7) is 5.95. The fourth-order valence-corrected chi connectivity index (χ4v) is 3.34. The van der Waals surface area contributed by atoms with Crippen LogP contribution in [0.3, 0.4) is 0 Å². The van der Waals surface area contributed by atoms with E-state index in [-0.39, 0.29) is 5.91 Å². The van der Waals surface area contributed by atoms with Gasteiger partial charge in [0.1, 0.15) is 16.9 Å². The second kappa shape index (κ2) is 10.5. The van der Waals surface area contributed by atoms with Crippen molar-refractivity contribution in [3.63, 3.8) is 0 Å². The van der Waals surface area contributed by atoms with Gasteiger partial charge in [-0.3, -0.25) is 4.79 Å². The van der Waals surface area contributed by atoms with Crippen molar-refractivity contribution < 1.29 is 42.1 Å². The average molecular weight is 521 g/mol. The number of para-hydroxylation sites is 1. The molecule has 0 saturated carbocycles. The summed E-state index contributed by atoms with van der Waals surface area (Å²) in [4.78, 5) is 27.4. The lowest BCUT2D eigenvalue weighted by atomic mass is 10.1. The quantitative estimate of drug-likeness (QED) is 0.433. The van der Waals surface area contributed by atoms with Crippen molar-refractivity contribution in [1.82, 2.24) is 9.88 Å². The Labute approximate surface area is 210 Å².